The smallest absolute Gasteiger partial charge is 0.321 e. The zero-order valence-electron chi connectivity index (χ0n) is 13.6. The van der Waals surface area contributed by atoms with E-state index in [0.717, 1.165) is 11.4 Å². The standard InChI is InChI=1S/C17H21ClN4O/c1-21(2)16-14(18)8-6-9-15(16)20-17(23)22(3)12-10-13-7-4-5-11-19-13/h4-9,11H,10,12H2,1-3H3,(H,20,23). The van der Waals surface area contributed by atoms with Crippen molar-refractivity contribution in [1.29, 1.82) is 0 Å². The molecular weight excluding hydrogens is 312 g/mol. The Bertz CT molecular complexity index is 661. The van der Waals surface area contributed by atoms with Crippen LogP contribution in [-0.2, 0) is 6.42 Å². The maximum Gasteiger partial charge on any atom is 0.321 e. The van der Waals surface area contributed by atoms with Gasteiger partial charge in [0.05, 0.1) is 16.4 Å². The van der Waals surface area contributed by atoms with Crippen molar-refractivity contribution in [1.82, 2.24) is 9.88 Å². The van der Waals surface area contributed by atoms with Crippen molar-refractivity contribution in [2.45, 2.75) is 6.42 Å². The van der Waals surface area contributed by atoms with Gasteiger partial charge in [0.15, 0.2) is 0 Å². The van der Waals surface area contributed by atoms with E-state index in [1.165, 1.54) is 0 Å². The van der Waals surface area contributed by atoms with E-state index in [0.29, 0.717) is 23.7 Å². The number of nitrogens with one attached hydrogen (secondary N) is 1. The first-order valence-electron chi connectivity index (χ1n) is 7.37. The topological polar surface area (TPSA) is 48.5 Å². The summed E-state index contributed by atoms with van der Waals surface area (Å²) in [6.07, 6.45) is 2.46. The average Bonchev–Trinajstić information content (AvgIpc) is 2.53. The van der Waals surface area contributed by atoms with Gasteiger partial charge in [-0.3, -0.25) is 4.98 Å². The molecule has 1 aromatic heterocycles. The summed E-state index contributed by atoms with van der Waals surface area (Å²) in [7, 11) is 5.54. The summed E-state index contributed by atoms with van der Waals surface area (Å²) in [5, 5.41) is 3.51. The number of urea groups is 1. The molecule has 2 rings (SSSR count). The molecule has 2 aromatic rings. The van der Waals surface area contributed by atoms with Crippen LogP contribution in [0.1, 0.15) is 5.69 Å². The predicted octanol–water partition coefficient (Wildman–Crippen LogP) is 3.51. The molecule has 1 heterocycles. The van der Waals surface area contributed by atoms with Crippen molar-refractivity contribution in [3.8, 4) is 0 Å². The van der Waals surface area contributed by atoms with Crippen LogP contribution in [-0.4, -0.2) is 43.6 Å². The Balaban J connectivity index is 2.00. The fourth-order valence-electron chi connectivity index (χ4n) is 2.21. The summed E-state index contributed by atoms with van der Waals surface area (Å²) in [6, 6.07) is 11.1. The molecule has 0 spiro atoms. The van der Waals surface area contributed by atoms with Gasteiger partial charge in [0.1, 0.15) is 0 Å². The van der Waals surface area contributed by atoms with Gasteiger partial charge in [0.25, 0.3) is 0 Å². The Hall–Kier alpha value is -2.27. The second-order valence-electron chi connectivity index (χ2n) is 5.45. The van der Waals surface area contributed by atoms with Gasteiger partial charge in [-0.05, 0) is 24.3 Å². The molecule has 23 heavy (non-hydrogen) atoms. The summed E-state index contributed by atoms with van der Waals surface area (Å²) in [5.74, 6) is 0. The number of pyridine rings is 1. The number of benzene rings is 1. The molecule has 6 heteroatoms. The van der Waals surface area contributed by atoms with E-state index in [1.54, 1.807) is 24.2 Å². The normalized spacial score (nSPS) is 10.3. The van der Waals surface area contributed by atoms with Crippen LogP contribution in [0.3, 0.4) is 0 Å². The Morgan fingerprint density at radius 3 is 2.61 bits per heavy atom. The third-order valence-electron chi connectivity index (χ3n) is 3.45. The first-order valence-corrected chi connectivity index (χ1v) is 7.74. The minimum Gasteiger partial charge on any atom is -0.375 e. The third kappa shape index (κ3) is 4.60. The summed E-state index contributed by atoms with van der Waals surface area (Å²) in [5.41, 5.74) is 2.45. The van der Waals surface area contributed by atoms with Crippen LogP contribution in [0.2, 0.25) is 5.02 Å². The summed E-state index contributed by atoms with van der Waals surface area (Å²) < 4.78 is 0. The van der Waals surface area contributed by atoms with Crippen molar-refractivity contribution >= 4 is 29.0 Å². The van der Waals surface area contributed by atoms with Gasteiger partial charge in [-0.15, -0.1) is 0 Å². The van der Waals surface area contributed by atoms with Crippen LogP contribution in [0.25, 0.3) is 0 Å². The highest BCUT2D eigenvalue weighted by Crippen LogP contribution is 2.32. The number of carbonyl (C=O) groups excluding carboxylic acids is 1. The van der Waals surface area contributed by atoms with E-state index in [-0.39, 0.29) is 6.03 Å². The van der Waals surface area contributed by atoms with Crippen molar-refractivity contribution in [2.75, 3.05) is 37.9 Å². The number of rotatable bonds is 5. The number of hydrogen-bond donors (Lipinski definition) is 1. The first-order chi connectivity index (χ1) is 11.0. The fourth-order valence-corrected chi connectivity index (χ4v) is 2.55. The number of para-hydroxylation sites is 1. The van der Waals surface area contributed by atoms with E-state index in [1.807, 2.05) is 49.3 Å². The quantitative estimate of drug-likeness (QED) is 0.911. The van der Waals surface area contributed by atoms with Crippen LogP contribution >= 0.6 is 11.6 Å². The number of likely N-dealkylation sites (N-methyl/N-ethyl adjacent to an activating group) is 1. The number of carbonyl (C=O) groups is 1. The van der Waals surface area contributed by atoms with Gasteiger partial charge in [-0.2, -0.15) is 0 Å². The summed E-state index contributed by atoms with van der Waals surface area (Å²) in [4.78, 5) is 20.1. The van der Waals surface area contributed by atoms with E-state index in [2.05, 4.69) is 10.3 Å². The SMILES string of the molecule is CN(CCc1ccccn1)C(=O)Nc1cccc(Cl)c1N(C)C. The molecule has 0 atom stereocenters. The monoisotopic (exact) mass is 332 g/mol. The number of aromatic nitrogens is 1. The lowest BCUT2D eigenvalue weighted by molar-refractivity contribution is 0.223. The van der Waals surface area contributed by atoms with Gasteiger partial charge in [0, 0.05) is 46.0 Å². The third-order valence-corrected chi connectivity index (χ3v) is 3.76. The Kier molecular flexibility index (Phi) is 5.82. The average molecular weight is 333 g/mol. The van der Waals surface area contributed by atoms with Gasteiger partial charge in [0.2, 0.25) is 0 Å². The number of hydrogen-bond acceptors (Lipinski definition) is 3. The van der Waals surface area contributed by atoms with Crippen molar-refractivity contribution in [2.24, 2.45) is 0 Å². The Morgan fingerprint density at radius 1 is 1.17 bits per heavy atom. The molecule has 0 fully saturated rings. The molecule has 0 aliphatic rings. The Morgan fingerprint density at radius 2 is 1.96 bits per heavy atom. The van der Waals surface area contributed by atoms with E-state index in [4.69, 9.17) is 11.6 Å². The lowest BCUT2D eigenvalue weighted by Crippen LogP contribution is -2.33. The van der Waals surface area contributed by atoms with Crippen LogP contribution in [0, 0.1) is 0 Å². The minimum absolute atomic E-state index is 0.175. The fraction of sp³-hybridized carbons (Fsp3) is 0.294. The van der Waals surface area contributed by atoms with E-state index in [9.17, 15) is 4.79 Å². The molecule has 0 radical (unpaired) electrons. The lowest BCUT2D eigenvalue weighted by Gasteiger charge is -2.22. The molecule has 0 bridgehead atoms. The van der Waals surface area contributed by atoms with Crippen LogP contribution in [0.4, 0.5) is 16.2 Å². The highest BCUT2D eigenvalue weighted by atomic mass is 35.5. The highest BCUT2D eigenvalue weighted by Gasteiger charge is 2.14. The van der Waals surface area contributed by atoms with Crippen molar-refractivity contribution < 1.29 is 4.79 Å². The van der Waals surface area contributed by atoms with Crippen molar-refractivity contribution in [3.05, 3.63) is 53.3 Å². The first kappa shape index (κ1) is 17.1. The van der Waals surface area contributed by atoms with Gasteiger partial charge < -0.3 is 15.1 Å². The molecule has 5 nitrogen and oxygen atoms in total. The van der Waals surface area contributed by atoms with Crippen molar-refractivity contribution in [3.63, 3.8) is 0 Å². The molecular formula is C17H21ClN4O. The molecule has 0 saturated carbocycles. The number of nitrogens with zero attached hydrogens (tertiary/aromatic N) is 3. The van der Waals surface area contributed by atoms with Gasteiger partial charge in [-0.25, -0.2) is 4.79 Å². The molecule has 0 unspecified atom stereocenters. The second kappa shape index (κ2) is 7.83. The van der Waals surface area contributed by atoms with Gasteiger partial charge in [-0.1, -0.05) is 23.7 Å². The summed E-state index contributed by atoms with van der Waals surface area (Å²) >= 11 is 6.21. The molecule has 2 amide bonds. The van der Waals surface area contributed by atoms with Crippen LogP contribution < -0.4 is 10.2 Å². The number of halogens is 1. The lowest BCUT2D eigenvalue weighted by atomic mass is 10.2. The van der Waals surface area contributed by atoms with E-state index >= 15 is 0 Å². The maximum absolute atomic E-state index is 12.4. The molecule has 0 saturated heterocycles. The molecule has 0 aliphatic heterocycles. The van der Waals surface area contributed by atoms with Crippen LogP contribution in [0.15, 0.2) is 42.6 Å². The maximum atomic E-state index is 12.4. The molecule has 122 valence electrons. The zero-order chi connectivity index (χ0) is 16.8. The van der Waals surface area contributed by atoms with Gasteiger partial charge >= 0.3 is 6.03 Å². The Labute approximate surface area is 141 Å². The predicted molar refractivity (Wildman–Crippen MR) is 95.4 cm³/mol. The molecule has 0 aliphatic carbocycles. The summed E-state index contributed by atoms with van der Waals surface area (Å²) in [6.45, 7) is 0.584. The zero-order valence-corrected chi connectivity index (χ0v) is 14.3. The highest BCUT2D eigenvalue weighted by molar-refractivity contribution is 6.34. The second-order valence-corrected chi connectivity index (χ2v) is 5.86. The molecule has 1 aromatic carbocycles. The van der Waals surface area contributed by atoms with E-state index < -0.39 is 0 Å². The number of amides is 2. The molecule has 1 N–H and O–H groups in total. The minimum atomic E-state index is -0.175. The number of anilines is 2. The largest absolute Gasteiger partial charge is 0.375 e. The van der Waals surface area contributed by atoms with Crippen LogP contribution in [0.5, 0.6) is 0 Å².